The predicted molar refractivity (Wildman–Crippen MR) is 109 cm³/mol. The Morgan fingerprint density at radius 3 is 2.81 bits per heavy atom. The second kappa shape index (κ2) is 7.37. The molecule has 1 atom stereocenters. The molecule has 0 bridgehead atoms. The monoisotopic (exact) mass is 432 g/mol. The molecule has 0 amide bonds. The zero-order valence-corrected chi connectivity index (χ0v) is 17.0. The van der Waals surface area contributed by atoms with E-state index in [1.54, 1.807) is 12.3 Å². The van der Waals surface area contributed by atoms with Crippen LogP contribution < -0.4 is 15.4 Å². The fourth-order valence-electron chi connectivity index (χ4n) is 4.18. The fraction of sp³-hybridized carbons (Fsp3) is 0.476. The molecule has 3 aromatic heterocycles. The number of ether oxygens (including phenoxy) is 1. The highest BCUT2D eigenvalue weighted by molar-refractivity contribution is 5.63. The standard InChI is InChI=1S/C21H23F3N6O/c1-31-16-10-18-26-12-15(30(18)29-19(16)20(7-8-20)21(22,23)24)14-5-2-6-17(28-14)27-13-4-3-9-25-11-13/h2,5-6,10,12-13,25H,3-4,7-9,11H2,1H3,(H,27,28)/t13-/m1/s1. The summed E-state index contributed by atoms with van der Waals surface area (Å²) in [6.45, 7) is 1.89. The van der Waals surface area contributed by atoms with Gasteiger partial charge in [0.05, 0.1) is 19.0 Å². The Morgan fingerprint density at radius 1 is 1.29 bits per heavy atom. The Labute approximate surface area is 177 Å². The van der Waals surface area contributed by atoms with Crippen LogP contribution in [0.1, 0.15) is 31.4 Å². The second-order valence-corrected chi connectivity index (χ2v) is 8.15. The summed E-state index contributed by atoms with van der Waals surface area (Å²) in [7, 11) is 1.35. The third-order valence-corrected chi connectivity index (χ3v) is 6.08. The lowest BCUT2D eigenvalue weighted by Crippen LogP contribution is -2.38. The van der Waals surface area contributed by atoms with Gasteiger partial charge in [0.1, 0.15) is 28.4 Å². The average Bonchev–Trinajstić information content (AvgIpc) is 3.48. The number of nitrogens with one attached hydrogen (secondary N) is 2. The topological polar surface area (TPSA) is 76.4 Å². The van der Waals surface area contributed by atoms with E-state index in [0.29, 0.717) is 22.9 Å². The summed E-state index contributed by atoms with van der Waals surface area (Å²) in [5.74, 6) is 0.816. The van der Waals surface area contributed by atoms with Crippen LogP contribution >= 0.6 is 0 Å². The van der Waals surface area contributed by atoms with Gasteiger partial charge in [0.2, 0.25) is 0 Å². The molecule has 1 saturated carbocycles. The van der Waals surface area contributed by atoms with Crippen molar-refractivity contribution in [3.05, 3.63) is 36.2 Å². The number of pyridine rings is 1. The summed E-state index contributed by atoms with van der Waals surface area (Å²) >= 11 is 0. The maximum atomic E-state index is 13.8. The van der Waals surface area contributed by atoms with Crippen molar-refractivity contribution in [2.45, 2.75) is 43.3 Å². The number of fused-ring (bicyclic) bond motifs is 1. The molecule has 2 fully saturated rings. The van der Waals surface area contributed by atoms with Crippen LogP contribution in [0.2, 0.25) is 0 Å². The number of hydrogen-bond acceptors (Lipinski definition) is 6. The highest BCUT2D eigenvalue weighted by Crippen LogP contribution is 2.60. The third-order valence-electron chi connectivity index (χ3n) is 6.08. The van der Waals surface area contributed by atoms with Crippen molar-refractivity contribution in [3.63, 3.8) is 0 Å². The zero-order valence-electron chi connectivity index (χ0n) is 17.0. The SMILES string of the molecule is COc1cc2ncc(-c3cccc(N[C@@H]4CCCNC4)n3)n2nc1C1(C(F)(F)F)CC1. The van der Waals surface area contributed by atoms with Crippen LogP contribution in [0.25, 0.3) is 17.0 Å². The van der Waals surface area contributed by atoms with Gasteiger partial charge < -0.3 is 15.4 Å². The van der Waals surface area contributed by atoms with E-state index in [2.05, 4.69) is 25.7 Å². The fourth-order valence-corrected chi connectivity index (χ4v) is 4.18. The van der Waals surface area contributed by atoms with Gasteiger partial charge in [-0.1, -0.05) is 6.07 Å². The van der Waals surface area contributed by atoms with E-state index >= 15 is 0 Å². The number of aromatic nitrogens is 4. The van der Waals surface area contributed by atoms with E-state index in [1.165, 1.54) is 17.7 Å². The van der Waals surface area contributed by atoms with Crippen LogP contribution in [0.4, 0.5) is 19.0 Å². The lowest BCUT2D eigenvalue weighted by atomic mass is 10.0. The number of methoxy groups -OCH3 is 1. The molecular formula is C21H23F3N6O. The summed E-state index contributed by atoms with van der Waals surface area (Å²) in [4.78, 5) is 8.99. The normalized spacial score (nSPS) is 20.6. The molecule has 0 radical (unpaired) electrons. The largest absolute Gasteiger partial charge is 0.495 e. The summed E-state index contributed by atoms with van der Waals surface area (Å²) in [5, 5.41) is 11.1. The van der Waals surface area contributed by atoms with Crippen LogP contribution in [0.15, 0.2) is 30.5 Å². The first kappa shape index (κ1) is 20.0. The number of imidazole rings is 1. The van der Waals surface area contributed by atoms with E-state index < -0.39 is 11.6 Å². The van der Waals surface area contributed by atoms with Crippen molar-refractivity contribution in [1.29, 1.82) is 0 Å². The van der Waals surface area contributed by atoms with Gasteiger partial charge in [-0.25, -0.2) is 14.5 Å². The molecule has 0 aromatic carbocycles. The Kier molecular flexibility index (Phi) is 4.76. The Balaban J connectivity index is 1.54. The van der Waals surface area contributed by atoms with Crippen molar-refractivity contribution in [2.75, 3.05) is 25.5 Å². The van der Waals surface area contributed by atoms with Gasteiger partial charge in [-0.05, 0) is 44.4 Å². The summed E-state index contributed by atoms with van der Waals surface area (Å²) in [5.41, 5.74) is -0.537. The van der Waals surface area contributed by atoms with Gasteiger partial charge in [0, 0.05) is 18.7 Å². The molecule has 164 valence electrons. The highest BCUT2D eigenvalue weighted by atomic mass is 19.4. The Morgan fingerprint density at radius 2 is 2.13 bits per heavy atom. The van der Waals surface area contributed by atoms with Crippen LogP contribution in [-0.4, -0.2) is 52.0 Å². The quantitative estimate of drug-likeness (QED) is 0.642. The van der Waals surface area contributed by atoms with Crippen molar-refractivity contribution < 1.29 is 17.9 Å². The van der Waals surface area contributed by atoms with Crippen LogP contribution in [0, 0.1) is 0 Å². The minimum atomic E-state index is -4.39. The molecule has 1 aliphatic carbocycles. The van der Waals surface area contributed by atoms with E-state index in [-0.39, 0.29) is 30.3 Å². The molecule has 0 unspecified atom stereocenters. The molecule has 5 rings (SSSR count). The molecular weight excluding hydrogens is 409 g/mol. The van der Waals surface area contributed by atoms with E-state index in [1.807, 2.05) is 12.1 Å². The highest BCUT2D eigenvalue weighted by Gasteiger charge is 2.66. The van der Waals surface area contributed by atoms with Gasteiger partial charge in [0.15, 0.2) is 5.65 Å². The Bertz CT molecular complexity index is 1100. The smallest absolute Gasteiger partial charge is 0.400 e. The average molecular weight is 432 g/mol. The number of nitrogens with zero attached hydrogens (tertiary/aromatic N) is 4. The molecule has 0 spiro atoms. The lowest BCUT2D eigenvalue weighted by molar-refractivity contribution is -0.162. The van der Waals surface area contributed by atoms with E-state index in [0.717, 1.165) is 25.9 Å². The molecule has 31 heavy (non-hydrogen) atoms. The molecule has 3 aromatic rings. The van der Waals surface area contributed by atoms with E-state index in [4.69, 9.17) is 4.74 Å². The van der Waals surface area contributed by atoms with Gasteiger partial charge >= 0.3 is 6.18 Å². The molecule has 2 aliphatic rings. The number of halogens is 3. The first-order valence-electron chi connectivity index (χ1n) is 10.4. The number of hydrogen-bond donors (Lipinski definition) is 2. The maximum absolute atomic E-state index is 13.8. The first-order valence-corrected chi connectivity index (χ1v) is 10.4. The molecule has 4 heterocycles. The number of piperidine rings is 1. The van der Waals surface area contributed by atoms with Crippen molar-refractivity contribution in [1.82, 2.24) is 24.9 Å². The first-order chi connectivity index (χ1) is 14.9. The van der Waals surface area contributed by atoms with Crippen molar-refractivity contribution >= 4 is 11.5 Å². The number of rotatable bonds is 5. The lowest BCUT2D eigenvalue weighted by Gasteiger charge is -2.24. The number of alkyl halides is 3. The minimum Gasteiger partial charge on any atom is -0.495 e. The maximum Gasteiger partial charge on any atom is 0.400 e. The molecule has 10 heteroatoms. The van der Waals surface area contributed by atoms with E-state index in [9.17, 15) is 13.2 Å². The van der Waals surface area contributed by atoms with Gasteiger partial charge in [-0.15, -0.1) is 0 Å². The minimum absolute atomic E-state index is 0.00246. The molecule has 1 saturated heterocycles. The van der Waals surface area contributed by atoms with Crippen molar-refractivity contribution in [3.8, 4) is 17.1 Å². The van der Waals surface area contributed by atoms with Crippen LogP contribution in [-0.2, 0) is 5.41 Å². The molecule has 1 aliphatic heterocycles. The predicted octanol–water partition coefficient (Wildman–Crippen LogP) is 3.56. The van der Waals surface area contributed by atoms with Crippen LogP contribution in [0.3, 0.4) is 0 Å². The summed E-state index contributed by atoms with van der Waals surface area (Å²) < 4.78 is 48.0. The van der Waals surface area contributed by atoms with Crippen LogP contribution in [0.5, 0.6) is 5.75 Å². The van der Waals surface area contributed by atoms with Gasteiger partial charge in [-0.2, -0.15) is 18.3 Å². The Hall–Kier alpha value is -2.88. The van der Waals surface area contributed by atoms with Crippen molar-refractivity contribution in [2.24, 2.45) is 0 Å². The molecule has 2 N–H and O–H groups in total. The summed E-state index contributed by atoms with van der Waals surface area (Å²) in [6, 6.07) is 7.34. The molecule has 7 nitrogen and oxygen atoms in total. The summed E-state index contributed by atoms with van der Waals surface area (Å²) in [6.07, 6.45) is -0.658. The second-order valence-electron chi connectivity index (χ2n) is 8.15. The third kappa shape index (κ3) is 3.48. The zero-order chi connectivity index (χ0) is 21.6. The number of anilines is 1. The van der Waals surface area contributed by atoms with Gasteiger partial charge in [-0.3, -0.25) is 0 Å². The van der Waals surface area contributed by atoms with Gasteiger partial charge in [0.25, 0.3) is 0 Å².